The van der Waals surface area contributed by atoms with E-state index < -0.39 is 17.5 Å². The minimum Gasteiger partial charge on any atom is -0.471 e. The van der Waals surface area contributed by atoms with Gasteiger partial charge in [-0.05, 0) is 60.9 Å². The van der Waals surface area contributed by atoms with Crippen LogP contribution in [-0.4, -0.2) is 27.2 Å². The monoisotopic (exact) mass is 563 g/mol. The second-order valence-corrected chi connectivity index (χ2v) is 10.2. The maximum atomic E-state index is 15.4. The molecule has 0 N–H and O–H groups in total. The summed E-state index contributed by atoms with van der Waals surface area (Å²) in [6.07, 6.45) is 2.43. The van der Waals surface area contributed by atoms with Crippen molar-refractivity contribution in [1.82, 2.24) is 14.5 Å². The fourth-order valence-electron chi connectivity index (χ4n) is 4.95. The first-order valence-corrected chi connectivity index (χ1v) is 13.4. The van der Waals surface area contributed by atoms with Crippen molar-refractivity contribution in [3.05, 3.63) is 112 Å². The highest BCUT2D eigenvalue weighted by Crippen LogP contribution is 2.28. The lowest BCUT2D eigenvalue weighted by Gasteiger charge is -2.15. The lowest BCUT2D eigenvalue weighted by Crippen LogP contribution is -2.17. The van der Waals surface area contributed by atoms with Crippen LogP contribution >= 0.6 is 11.6 Å². The quantitative estimate of drug-likeness (QED) is 0.196. The zero-order valence-corrected chi connectivity index (χ0v) is 22.2. The number of ether oxygens (including phenoxy) is 2. The predicted octanol–water partition coefficient (Wildman–Crippen LogP) is 7.52. The molecular formula is C31H25ClF3N3O2. The Labute approximate surface area is 234 Å². The molecule has 5 aromatic rings. The number of aromatic nitrogens is 3. The second kappa shape index (κ2) is 11.3. The molecule has 0 amide bonds. The van der Waals surface area contributed by atoms with Crippen LogP contribution in [0.3, 0.4) is 0 Å². The Morgan fingerprint density at radius 1 is 0.900 bits per heavy atom. The van der Waals surface area contributed by atoms with E-state index >= 15 is 4.39 Å². The van der Waals surface area contributed by atoms with Gasteiger partial charge in [-0.2, -0.15) is 0 Å². The first kappa shape index (κ1) is 26.3. The van der Waals surface area contributed by atoms with Crippen molar-refractivity contribution in [2.24, 2.45) is 0 Å². The molecule has 0 bridgehead atoms. The summed E-state index contributed by atoms with van der Waals surface area (Å²) in [5, 5.41) is 0.248. The van der Waals surface area contributed by atoms with Crippen molar-refractivity contribution in [2.45, 2.75) is 38.5 Å². The molecule has 1 aliphatic rings. The van der Waals surface area contributed by atoms with Crippen molar-refractivity contribution < 1.29 is 22.6 Å². The number of para-hydroxylation sites is 2. The van der Waals surface area contributed by atoms with Crippen LogP contribution in [0.2, 0.25) is 5.02 Å². The number of hydrogen-bond acceptors (Lipinski definition) is 4. The average molecular weight is 564 g/mol. The van der Waals surface area contributed by atoms with Gasteiger partial charge in [-0.15, -0.1) is 0 Å². The Morgan fingerprint density at radius 2 is 1.73 bits per heavy atom. The molecule has 6 rings (SSSR count). The maximum Gasteiger partial charge on any atom is 0.251 e. The van der Waals surface area contributed by atoms with Crippen molar-refractivity contribution >= 4 is 22.6 Å². The molecule has 5 nitrogen and oxygen atoms in total. The van der Waals surface area contributed by atoms with Crippen molar-refractivity contribution in [3.8, 4) is 17.1 Å². The number of rotatable bonds is 8. The second-order valence-electron chi connectivity index (χ2n) is 9.75. The zero-order chi connectivity index (χ0) is 27.6. The Kier molecular flexibility index (Phi) is 7.45. The molecule has 1 atom stereocenters. The fraction of sp³-hybridized carbons (Fsp3) is 0.226. The van der Waals surface area contributed by atoms with Gasteiger partial charge in [-0.3, -0.25) is 0 Å². The summed E-state index contributed by atoms with van der Waals surface area (Å²) in [5.74, 6) is -1.25. The molecule has 3 heterocycles. The first-order valence-electron chi connectivity index (χ1n) is 13.0. The van der Waals surface area contributed by atoms with Crippen LogP contribution in [0.15, 0.2) is 72.8 Å². The molecule has 9 heteroatoms. The van der Waals surface area contributed by atoms with Gasteiger partial charge < -0.3 is 14.0 Å². The molecule has 0 aliphatic carbocycles. The topological polar surface area (TPSA) is 49.2 Å². The highest BCUT2D eigenvalue weighted by atomic mass is 35.5. The lowest BCUT2D eigenvalue weighted by atomic mass is 10.1. The number of imidazole rings is 1. The molecule has 40 heavy (non-hydrogen) atoms. The van der Waals surface area contributed by atoms with Crippen LogP contribution in [0.1, 0.15) is 29.8 Å². The summed E-state index contributed by atoms with van der Waals surface area (Å²) < 4.78 is 57.3. The predicted molar refractivity (Wildman–Crippen MR) is 147 cm³/mol. The van der Waals surface area contributed by atoms with E-state index in [9.17, 15) is 8.78 Å². The summed E-state index contributed by atoms with van der Waals surface area (Å²) in [6.45, 7) is 1.18. The summed E-state index contributed by atoms with van der Waals surface area (Å²) in [5.41, 5.74) is 3.31. The van der Waals surface area contributed by atoms with Crippen molar-refractivity contribution in [3.63, 3.8) is 0 Å². The third kappa shape index (κ3) is 5.55. The van der Waals surface area contributed by atoms with E-state index in [2.05, 4.69) is 9.55 Å². The molecule has 0 spiro atoms. The number of nitrogens with zero attached hydrogens (tertiary/aromatic N) is 3. The minimum absolute atomic E-state index is 0.112. The number of pyridine rings is 1. The number of benzene rings is 3. The van der Waals surface area contributed by atoms with Crippen LogP contribution in [-0.2, 0) is 24.3 Å². The smallest absolute Gasteiger partial charge is 0.251 e. The highest BCUT2D eigenvalue weighted by molar-refractivity contribution is 6.30. The van der Waals surface area contributed by atoms with Gasteiger partial charge in [0.1, 0.15) is 24.1 Å². The summed E-state index contributed by atoms with van der Waals surface area (Å²) in [6, 6.07) is 19.4. The standard InChI is InChI=1S/C31H25ClF3N3O2/c32-22-10-9-21(26(35)16-22)18-40-31-24(33)11-12-27(37-31)20-8-7-19(25(34)14-20)15-30-36-28-5-1-2-6-29(28)38(30)17-23-4-3-13-39-23/h1-2,5-12,14,16,23H,3-4,13,15,17-18H2. The number of fused-ring (bicyclic) bond motifs is 1. The molecule has 1 saturated heterocycles. The van der Waals surface area contributed by atoms with E-state index in [0.717, 1.165) is 42.4 Å². The number of halogens is 4. The van der Waals surface area contributed by atoms with E-state index in [1.807, 2.05) is 24.3 Å². The molecule has 1 fully saturated rings. The lowest BCUT2D eigenvalue weighted by molar-refractivity contribution is 0.0973. The molecule has 3 aromatic carbocycles. The molecule has 2 aromatic heterocycles. The Morgan fingerprint density at radius 3 is 2.52 bits per heavy atom. The maximum absolute atomic E-state index is 15.4. The molecular weight excluding hydrogens is 539 g/mol. The van der Waals surface area contributed by atoms with Gasteiger partial charge in [0.2, 0.25) is 0 Å². The highest BCUT2D eigenvalue weighted by Gasteiger charge is 2.21. The van der Waals surface area contributed by atoms with Crippen LogP contribution < -0.4 is 4.74 Å². The Balaban J connectivity index is 1.23. The zero-order valence-electron chi connectivity index (χ0n) is 21.4. The van der Waals surface area contributed by atoms with Crippen LogP contribution in [0.5, 0.6) is 5.88 Å². The summed E-state index contributed by atoms with van der Waals surface area (Å²) >= 11 is 5.78. The van der Waals surface area contributed by atoms with E-state index in [4.69, 9.17) is 26.1 Å². The van der Waals surface area contributed by atoms with E-state index in [0.29, 0.717) is 29.8 Å². The van der Waals surface area contributed by atoms with Crippen molar-refractivity contribution in [1.29, 1.82) is 0 Å². The summed E-state index contributed by atoms with van der Waals surface area (Å²) in [7, 11) is 0. The normalized spacial score (nSPS) is 15.2. The van der Waals surface area contributed by atoms with Crippen molar-refractivity contribution in [2.75, 3.05) is 6.61 Å². The van der Waals surface area contributed by atoms with Crippen LogP contribution in [0, 0.1) is 17.5 Å². The Bertz CT molecular complexity index is 1680. The average Bonchev–Trinajstić information content (AvgIpc) is 3.58. The van der Waals surface area contributed by atoms with Gasteiger partial charge in [-0.1, -0.05) is 41.9 Å². The molecule has 204 valence electrons. The third-order valence-corrected chi connectivity index (χ3v) is 7.27. The molecule has 1 unspecified atom stereocenters. The van der Waals surface area contributed by atoms with E-state index in [1.54, 1.807) is 12.1 Å². The van der Waals surface area contributed by atoms with Gasteiger partial charge in [0.05, 0.1) is 29.4 Å². The number of hydrogen-bond donors (Lipinski definition) is 0. The van der Waals surface area contributed by atoms with Gasteiger partial charge in [0.25, 0.3) is 5.88 Å². The third-order valence-electron chi connectivity index (χ3n) is 7.03. The fourth-order valence-corrected chi connectivity index (χ4v) is 5.11. The van der Waals surface area contributed by atoms with Crippen LogP contribution in [0.4, 0.5) is 13.2 Å². The SMILES string of the molecule is Fc1cc(Cl)ccc1COc1nc(-c2ccc(Cc3nc4ccccc4n3CC3CCCO3)c(F)c2)ccc1F. The van der Waals surface area contributed by atoms with E-state index in [1.165, 1.54) is 30.3 Å². The van der Waals surface area contributed by atoms with Crippen LogP contribution in [0.25, 0.3) is 22.3 Å². The molecule has 0 saturated carbocycles. The van der Waals surface area contributed by atoms with Gasteiger partial charge >= 0.3 is 0 Å². The largest absolute Gasteiger partial charge is 0.471 e. The van der Waals surface area contributed by atoms with Gasteiger partial charge in [0.15, 0.2) is 5.82 Å². The summed E-state index contributed by atoms with van der Waals surface area (Å²) in [4.78, 5) is 9.00. The Hall–Kier alpha value is -3.88. The minimum atomic E-state index is -0.708. The molecule has 1 aliphatic heterocycles. The first-order chi connectivity index (χ1) is 19.4. The van der Waals surface area contributed by atoms with Gasteiger partial charge in [0, 0.05) is 29.2 Å². The molecule has 0 radical (unpaired) electrons. The van der Waals surface area contributed by atoms with E-state index in [-0.39, 0.29) is 29.2 Å². The van der Waals surface area contributed by atoms with Gasteiger partial charge in [-0.25, -0.2) is 23.1 Å².